The molecule has 0 radical (unpaired) electrons. The van der Waals surface area contributed by atoms with Gasteiger partial charge < -0.3 is 14.4 Å². The monoisotopic (exact) mass is 879 g/mol. The molecule has 0 atom stereocenters. The van der Waals surface area contributed by atoms with Crippen molar-refractivity contribution in [3.8, 4) is 56.4 Å². The fourth-order valence-corrected chi connectivity index (χ4v) is 12.8. The maximum absolute atomic E-state index is 6.72. The summed E-state index contributed by atoms with van der Waals surface area (Å²) in [5, 5.41) is 2.39. The molecule has 0 unspecified atom stereocenters. The van der Waals surface area contributed by atoms with Crippen LogP contribution in [0.5, 0.6) is 23.0 Å². The average Bonchev–Trinajstić information content (AvgIpc) is 3.88. The van der Waals surface area contributed by atoms with Crippen LogP contribution in [0.3, 0.4) is 0 Å². The Morgan fingerprint density at radius 3 is 1.30 bits per heavy atom. The lowest BCUT2D eigenvalue weighted by Gasteiger charge is -2.39. The van der Waals surface area contributed by atoms with Crippen molar-refractivity contribution in [3.63, 3.8) is 0 Å². The molecule has 3 nitrogen and oxygen atoms in total. The van der Waals surface area contributed by atoms with Crippen LogP contribution in [0.15, 0.2) is 249 Å². The van der Waals surface area contributed by atoms with E-state index >= 15 is 0 Å². The van der Waals surface area contributed by atoms with Crippen molar-refractivity contribution in [1.82, 2.24) is 0 Å². The van der Waals surface area contributed by atoms with Gasteiger partial charge in [0.05, 0.1) is 22.2 Å². The minimum absolute atomic E-state index is 0.541. The summed E-state index contributed by atoms with van der Waals surface area (Å²) in [5.74, 6) is 3.56. The molecule has 0 bridgehead atoms. The summed E-state index contributed by atoms with van der Waals surface area (Å²) in [6, 6.07) is 90.9. The molecule has 0 fully saturated rings. The maximum Gasteiger partial charge on any atom is 0.132 e. The van der Waals surface area contributed by atoms with Crippen molar-refractivity contribution in [3.05, 3.63) is 293 Å². The van der Waals surface area contributed by atoms with Gasteiger partial charge in [-0.3, -0.25) is 0 Å². The zero-order valence-electron chi connectivity index (χ0n) is 37.4. The van der Waals surface area contributed by atoms with Gasteiger partial charge >= 0.3 is 0 Å². The molecule has 3 heteroatoms. The van der Waals surface area contributed by atoms with Crippen LogP contribution in [0, 0.1) is 0 Å². The van der Waals surface area contributed by atoms with Crippen LogP contribution in [0.4, 0.5) is 17.1 Å². The lowest BCUT2D eigenvalue weighted by molar-refractivity contribution is 0.436. The van der Waals surface area contributed by atoms with Gasteiger partial charge in [0.15, 0.2) is 0 Å². The molecule has 2 aliphatic carbocycles. The van der Waals surface area contributed by atoms with Crippen molar-refractivity contribution in [2.45, 2.75) is 10.8 Å². The van der Waals surface area contributed by atoms with E-state index in [1.807, 2.05) is 0 Å². The summed E-state index contributed by atoms with van der Waals surface area (Å²) in [7, 11) is 0. The summed E-state index contributed by atoms with van der Waals surface area (Å²) in [6.07, 6.45) is 0. The largest absolute Gasteiger partial charge is 0.457 e. The Kier molecular flexibility index (Phi) is 7.92. The van der Waals surface area contributed by atoms with Crippen LogP contribution >= 0.6 is 0 Å². The third-order valence-electron chi connectivity index (χ3n) is 15.4. The van der Waals surface area contributed by atoms with Crippen molar-refractivity contribution in [1.29, 1.82) is 0 Å². The molecule has 0 N–H and O–H groups in total. The number of rotatable bonds is 4. The molecule has 0 amide bonds. The molecule has 0 saturated carbocycles. The lowest BCUT2D eigenvalue weighted by atomic mass is 9.66. The van der Waals surface area contributed by atoms with Gasteiger partial charge in [0.1, 0.15) is 23.0 Å². The smallest absolute Gasteiger partial charge is 0.132 e. The number of hydrogen-bond acceptors (Lipinski definition) is 3. The van der Waals surface area contributed by atoms with Gasteiger partial charge in [-0.25, -0.2) is 0 Å². The normalized spacial score (nSPS) is 14.3. The first kappa shape index (κ1) is 38.2. The molecule has 69 heavy (non-hydrogen) atoms. The molecule has 2 spiro atoms. The summed E-state index contributed by atoms with van der Waals surface area (Å²) < 4.78 is 13.4. The van der Waals surface area contributed by atoms with Gasteiger partial charge in [-0.2, -0.15) is 0 Å². The molecule has 322 valence electrons. The quantitative estimate of drug-likeness (QED) is 0.176. The Labute approximate surface area is 400 Å². The molecule has 11 aromatic rings. The first-order chi connectivity index (χ1) is 34.2. The molecule has 2 aliphatic heterocycles. The summed E-state index contributed by atoms with van der Waals surface area (Å²) in [4.78, 5) is 2.52. The van der Waals surface area contributed by atoms with E-state index in [4.69, 9.17) is 9.47 Å². The van der Waals surface area contributed by atoms with E-state index in [1.165, 1.54) is 66.4 Å². The number of anilines is 3. The van der Waals surface area contributed by atoms with Crippen LogP contribution in [0.2, 0.25) is 0 Å². The highest BCUT2D eigenvalue weighted by Crippen LogP contribution is 2.66. The van der Waals surface area contributed by atoms with Gasteiger partial charge in [0.25, 0.3) is 0 Å². The van der Waals surface area contributed by atoms with Crippen molar-refractivity contribution in [2.24, 2.45) is 0 Å². The Morgan fingerprint density at radius 2 is 0.725 bits per heavy atom. The van der Waals surface area contributed by atoms with Gasteiger partial charge in [0.2, 0.25) is 0 Å². The van der Waals surface area contributed by atoms with E-state index in [-0.39, 0.29) is 0 Å². The standard InChI is InChI=1S/C66H41NO2/c1-2-19-42(20-3-1)45-21-6-13-31-57(45)67(58-32-18-30-55-64(58)48-23-5-8-25-50(48)65(55)51-26-9-14-33-59(51)68-60-34-15-10-27-52(60)65)44-38-39-46-43(41-44)37-40-56-63(46)47-22-4-7-24-49(47)66(56)53-28-11-16-35-61(53)69-62-36-17-12-29-54(62)66/h1-41H. The van der Waals surface area contributed by atoms with E-state index in [1.54, 1.807) is 0 Å². The average molecular weight is 880 g/mol. The van der Waals surface area contributed by atoms with Gasteiger partial charge in [0, 0.05) is 39.1 Å². The maximum atomic E-state index is 6.72. The SMILES string of the molecule is c1ccc(-c2ccccc2N(c2ccc3c4c(ccc3c2)C2(c3ccccc3Oc3ccccc32)c2ccccc2-4)c2cccc3c2-c2ccccc2C32c3ccccc3Oc3ccccc32)cc1. The highest BCUT2D eigenvalue weighted by molar-refractivity contribution is 6.07. The lowest BCUT2D eigenvalue weighted by Crippen LogP contribution is -2.32. The first-order valence-corrected chi connectivity index (χ1v) is 23.8. The zero-order valence-corrected chi connectivity index (χ0v) is 37.4. The topological polar surface area (TPSA) is 21.7 Å². The third-order valence-corrected chi connectivity index (χ3v) is 15.4. The van der Waals surface area contributed by atoms with Crippen molar-refractivity contribution in [2.75, 3.05) is 4.90 Å². The van der Waals surface area contributed by atoms with E-state index in [0.29, 0.717) is 0 Å². The van der Waals surface area contributed by atoms with Crippen LogP contribution in [-0.2, 0) is 10.8 Å². The summed E-state index contributed by atoms with van der Waals surface area (Å²) in [6.45, 7) is 0. The van der Waals surface area contributed by atoms with Gasteiger partial charge in [-0.05, 0) is 104 Å². The van der Waals surface area contributed by atoms with E-state index in [0.717, 1.165) is 62.3 Å². The second-order valence-electron chi connectivity index (χ2n) is 18.6. The molecule has 15 rings (SSSR count). The Morgan fingerprint density at radius 1 is 0.290 bits per heavy atom. The number of para-hydroxylation sites is 5. The number of fused-ring (bicyclic) bond motifs is 20. The van der Waals surface area contributed by atoms with Crippen LogP contribution in [0.25, 0.3) is 44.2 Å². The fraction of sp³-hybridized carbons (Fsp3) is 0.0303. The van der Waals surface area contributed by atoms with Crippen LogP contribution < -0.4 is 14.4 Å². The van der Waals surface area contributed by atoms with Crippen molar-refractivity contribution < 1.29 is 9.47 Å². The molecular formula is C66H41NO2. The molecule has 0 aromatic heterocycles. The predicted molar refractivity (Wildman–Crippen MR) is 279 cm³/mol. The van der Waals surface area contributed by atoms with Gasteiger partial charge in [-0.1, -0.05) is 200 Å². The minimum Gasteiger partial charge on any atom is -0.457 e. The summed E-state index contributed by atoms with van der Waals surface area (Å²) in [5.41, 5.74) is 19.1. The molecule has 0 saturated heterocycles. The van der Waals surface area contributed by atoms with E-state index in [9.17, 15) is 0 Å². The number of nitrogens with zero attached hydrogens (tertiary/aromatic N) is 1. The Bertz CT molecular complexity index is 3850. The molecule has 4 aliphatic rings. The second kappa shape index (κ2) is 14.3. The Hall–Kier alpha value is -8.92. The summed E-state index contributed by atoms with van der Waals surface area (Å²) >= 11 is 0. The van der Waals surface area contributed by atoms with Crippen LogP contribution in [-0.4, -0.2) is 0 Å². The van der Waals surface area contributed by atoms with Crippen LogP contribution in [0.1, 0.15) is 44.5 Å². The molecular weight excluding hydrogens is 839 g/mol. The zero-order chi connectivity index (χ0) is 45.3. The third kappa shape index (κ3) is 5.01. The number of benzene rings is 11. The highest BCUT2D eigenvalue weighted by Gasteiger charge is 2.53. The highest BCUT2D eigenvalue weighted by atomic mass is 16.5. The molecule has 2 heterocycles. The number of ether oxygens (including phenoxy) is 2. The number of hydrogen-bond donors (Lipinski definition) is 0. The molecule has 11 aromatic carbocycles. The minimum atomic E-state index is -0.604. The van der Waals surface area contributed by atoms with Crippen molar-refractivity contribution >= 4 is 27.8 Å². The van der Waals surface area contributed by atoms with Gasteiger partial charge in [-0.15, -0.1) is 0 Å². The fourth-order valence-electron chi connectivity index (χ4n) is 12.8. The predicted octanol–water partition coefficient (Wildman–Crippen LogP) is 16.9. The first-order valence-electron chi connectivity index (χ1n) is 23.8. The van der Waals surface area contributed by atoms with E-state index in [2.05, 4.69) is 254 Å². The second-order valence-corrected chi connectivity index (χ2v) is 18.6. The van der Waals surface area contributed by atoms with E-state index < -0.39 is 10.8 Å². The Balaban J connectivity index is 1.01.